The second-order valence-electron chi connectivity index (χ2n) is 7.82. The van der Waals surface area contributed by atoms with Crippen molar-refractivity contribution in [3.63, 3.8) is 0 Å². The third-order valence-corrected chi connectivity index (χ3v) is 4.73. The van der Waals surface area contributed by atoms with Gasteiger partial charge in [0, 0.05) is 23.2 Å². The molecule has 8 nitrogen and oxygen atoms in total. The van der Waals surface area contributed by atoms with E-state index in [9.17, 15) is 19.2 Å². The lowest BCUT2D eigenvalue weighted by atomic mass is 10.1. The number of benzene rings is 3. The summed E-state index contributed by atoms with van der Waals surface area (Å²) in [6.45, 7) is 3.07. The molecule has 0 saturated heterocycles. The molecule has 176 valence electrons. The Balaban J connectivity index is 1.40. The van der Waals surface area contributed by atoms with E-state index in [-0.39, 0.29) is 18.9 Å². The quantitative estimate of drug-likeness (QED) is 0.459. The first-order valence-electron chi connectivity index (χ1n) is 10.9. The number of nitrogens with one attached hydrogen (secondary N) is 2. The van der Waals surface area contributed by atoms with Gasteiger partial charge in [-0.05, 0) is 49.6 Å². The maximum Gasteiger partial charge on any atom is 0.338 e. The Morgan fingerprint density at radius 3 is 2.24 bits per heavy atom. The van der Waals surface area contributed by atoms with Crippen molar-refractivity contribution in [2.75, 3.05) is 17.2 Å². The van der Waals surface area contributed by atoms with Crippen molar-refractivity contribution in [2.24, 2.45) is 0 Å². The van der Waals surface area contributed by atoms with Crippen LogP contribution in [0.1, 0.15) is 37.0 Å². The predicted molar refractivity (Wildman–Crippen MR) is 128 cm³/mol. The Kier molecular flexibility index (Phi) is 8.34. The van der Waals surface area contributed by atoms with Crippen LogP contribution in [0.15, 0.2) is 66.7 Å². The van der Waals surface area contributed by atoms with Crippen molar-refractivity contribution in [3.05, 3.63) is 72.3 Å². The van der Waals surface area contributed by atoms with Crippen LogP contribution in [0.4, 0.5) is 11.4 Å². The van der Waals surface area contributed by atoms with E-state index in [1.54, 1.807) is 44.2 Å². The van der Waals surface area contributed by atoms with Crippen LogP contribution in [0.5, 0.6) is 0 Å². The molecule has 0 saturated carbocycles. The van der Waals surface area contributed by atoms with E-state index in [2.05, 4.69) is 10.6 Å². The van der Waals surface area contributed by atoms with Crippen LogP contribution >= 0.6 is 0 Å². The third kappa shape index (κ3) is 7.16. The zero-order valence-electron chi connectivity index (χ0n) is 19.0. The first-order valence-corrected chi connectivity index (χ1v) is 10.9. The lowest BCUT2D eigenvalue weighted by Crippen LogP contribution is -2.22. The molecular formula is C26H26N2O6. The van der Waals surface area contributed by atoms with E-state index in [1.165, 1.54) is 0 Å². The Bertz CT molecular complexity index is 1180. The summed E-state index contributed by atoms with van der Waals surface area (Å²) in [5, 5.41) is 7.23. The molecule has 3 aromatic carbocycles. The minimum atomic E-state index is -0.657. The molecule has 3 aromatic rings. The molecule has 0 spiro atoms. The zero-order chi connectivity index (χ0) is 24.5. The number of hydrogen-bond acceptors (Lipinski definition) is 6. The van der Waals surface area contributed by atoms with Gasteiger partial charge in [0.05, 0.1) is 18.1 Å². The van der Waals surface area contributed by atoms with E-state index >= 15 is 0 Å². The zero-order valence-corrected chi connectivity index (χ0v) is 19.0. The van der Waals surface area contributed by atoms with Gasteiger partial charge in [0.15, 0.2) is 6.61 Å². The molecule has 0 radical (unpaired) electrons. The fraction of sp³-hybridized carbons (Fsp3) is 0.231. The lowest BCUT2D eigenvalue weighted by Gasteiger charge is -2.10. The maximum absolute atomic E-state index is 12.2. The van der Waals surface area contributed by atoms with Crippen molar-refractivity contribution < 1.29 is 28.7 Å². The van der Waals surface area contributed by atoms with Crippen molar-refractivity contribution in [1.29, 1.82) is 0 Å². The fourth-order valence-corrected chi connectivity index (χ4v) is 3.15. The van der Waals surface area contributed by atoms with Gasteiger partial charge in [0.25, 0.3) is 5.91 Å². The summed E-state index contributed by atoms with van der Waals surface area (Å²) in [6.07, 6.45) is -0.511. The number of hydrogen-bond donors (Lipinski definition) is 2. The number of fused-ring (bicyclic) bond motifs is 1. The van der Waals surface area contributed by atoms with Gasteiger partial charge in [-0.2, -0.15) is 0 Å². The van der Waals surface area contributed by atoms with Crippen molar-refractivity contribution in [1.82, 2.24) is 0 Å². The molecule has 0 aliphatic rings. The number of anilines is 2. The van der Waals surface area contributed by atoms with Gasteiger partial charge in [0.2, 0.25) is 5.91 Å². The van der Waals surface area contributed by atoms with Crippen molar-refractivity contribution in [3.8, 4) is 0 Å². The standard InChI is InChI=1S/C26H26N2O6/c1-17(2)34-26(32)19-10-12-20(13-11-19)27-23(29)14-15-25(31)33-16-24(30)28-22-9-5-7-18-6-3-4-8-21(18)22/h3-13,17H,14-16H2,1-2H3,(H,27,29)(H,28,30). The molecule has 0 heterocycles. The molecule has 0 aliphatic heterocycles. The number of ether oxygens (including phenoxy) is 2. The summed E-state index contributed by atoms with van der Waals surface area (Å²) >= 11 is 0. The second-order valence-corrected chi connectivity index (χ2v) is 7.82. The summed E-state index contributed by atoms with van der Waals surface area (Å²) in [6, 6.07) is 19.4. The SMILES string of the molecule is CC(C)OC(=O)c1ccc(NC(=O)CCC(=O)OCC(=O)Nc2cccc3ccccc23)cc1. The molecule has 0 unspecified atom stereocenters. The molecule has 3 rings (SSSR count). The van der Waals surface area contributed by atoms with E-state index in [0.29, 0.717) is 16.9 Å². The minimum Gasteiger partial charge on any atom is -0.459 e. The van der Waals surface area contributed by atoms with E-state index in [0.717, 1.165) is 10.8 Å². The highest BCUT2D eigenvalue weighted by atomic mass is 16.5. The van der Waals surface area contributed by atoms with Crippen molar-refractivity contribution >= 4 is 45.9 Å². The Hall–Kier alpha value is -4.20. The number of esters is 2. The van der Waals surface area contributed by atoms with Crippen LogP contribution in [0.3, 0.4) is 0 Å². The van der Waals surface area contributed by atoms with E-state index in [1.807, 2.05) is 36.4 Å². The van der Waals surface area contributed by atoms with Gasteiger partial charge in [-0.15, -0.1) is 0 Å². The van der Waals surface area contributed by atoms with Crippen LogP contribution in [0, 0.1) is 0 Å². The maximum atomic E-state index is 12.2. The van der Waals surface area contributed by atoms with Crippen LogP contribution in [0.2, 0.25) is 0 Å². The van der Waals surface area contributed by atoms with Gasteiger partial charge in [-0.1, -0.05) is 36.4 Å². The van der Waals surface area contributed by atoms with Gasteiger partial charge in [0.1, 0.15) is 0 Å². The van der Waals surface area contributed by atoms with Crippen LogP contribution in [-0.2, 0) is 23.9 Å². The van der Waals surface area contributed by atoms with Gasteiger partial charge in [-0.3, -0.25) is 14.4 Å². The van der Waals surface area contributed by atoms with E-state index < -0.39 is 30.4 Å². The average Bonchev–Trinajstić information content (AvgIpc) is 2.81. The highest BCUT2D eigenvalue weighted by Gasteiger charge is 2.13. The van der Waals surface area contributed by atoms with Crippen LogP contribution in [-0.4, -0.2) is 36.5 Å². The summed E-state index contributed by atoms with van der Waals surface area (Å²) in [5.74, 6) is -1.96. The summed E-state index contributed by atoms with van der Waals surface area (Å²) in [4.78, 5) is 48.1. The van der Waals surface area contributed by atoms with Gasteiger partial charge in [-0.25, -0.2) is 4.79 Å². The minimum absolute atomic E-state index is 0.110. The largest absolute Gasteiger partial charge is 0.459 e. The van der Waals surface area contributed by atoms with Gasteiger partial charge < -0.3 is 20.1 Å². The monoisotopic (exact) mass is 462 g/mol. The lowest BCUT2D eigenvalue weighted by molar-refractivity contribution is -0.147. The highest BCUT2D eigenvalue weighted by molar-refractivity contribution is 6.03. The fourth-order valence-electron chi connectivity index (χ4n) is 3.15. The predicted octanol–water partition coefficient (Wildman–Crippen LogP) is 4.31. The molecule has 34 heavy (non-hydrogen) atoms. The molecule has 0 bridgehead atoms. The molecule has 8 heteroatoms. The molecule has 2 N–H and O–H groups in total. The Morgan fingerprint density at radius 2 is 1.50 bits per heavy atom. The number of carbonyl (C=O) groups excluding carboxylic acids is 4. The number of amides is 2. The molecule has 2 amide bonds. The molecule has 0 aliphatic carbocycles. The Labute approximate surface area is 197 Å². The third-order valence-electron chi connectivity index (χ3n) is 4.73. The molecule has 0 fully saturated rings. The molecule has 0 atom stereocenters. The molecule has 0 aromatic heterocycles. The number of carbonyl (C=O) groups is 4. The summed E-state index contributed by atoms with van der Waals surface area (Å²) in [5.41, 5.74) is 1.48. The normalized spacial score (nSPS) is 10.6. The highest BCUT2D eigenvalue weighted by Crippen LogP contribution is 2.22. The topological polar surface area (TPSA) is 111 Å². The molecular weight excluding hydrogens is 436 g/mol. The first kappa shape index (κ1) is 24.4. The summed E-state index contributed by atoms with van der Waals surface area (Å²) in [7, 11) is 0. The van der Waals surface area contributed by atoms with Crippen LogP contribution < -0.4 is 10.6 Å². The Morgan fingerprint density at radius 1 is 0.794 bits per heavy atom. The second kappa shape index (κ2) is 11.6. The van der Waals surface area contributed by atoms with Crippen LogP contribution in [0.25, 0.3) is 10.8 Å². The van der Waals surface area contributed by atoms with E-state index in [4.69, 9.17) is 9.47 Å². The summed E-state index contributed by atoms with van der Waals surface area (Å²) < 4.78 is 10.1. The average molecular weight is 463 g/mol. The first-order chi connectivity index (χ1) is 16.3. The smallest absolute Gasteiger partial charge is 0.338 e. The van der Waals surface area contributed by atoms with Crippen molar-refractivity contribution in [2.45, 2.75) is 32.8 Å². The van der Waals surface area contributed by atoms with Gasteiger partial charge >= 0.3 is 11.9 Å². The number of rotatable bonds is 9.